The van der Waals surface area contributed by atoms with Gasteiger partial charge in [0.2, 0.25) is 5.91 Å². The Morgan fingerprint density at radius 2 is 1.69 bits per heavy atom. The predicted molar refractivity (Wildman–Crippen MR) is 148 cm³/mol. The highest BCUT2D eigenvalue weighted by atomic mass is 79.9. The van der Waals surface area contributed by atoms with E-state index in [4.69, 9.17) is 0 Å². The van der Waals surface area contributed by atoms with Gasteiger partial charge in [-0.05, 0) is 61.4 Å². The van der Waals surface area contributed by atoms with E-state index in [1.54, 1.807) is 4.90 Å². The van der Waals surface area contributed by atoms with Gasteiger partial charge in [-0.3, -0.25) is 19.3 Å². The molecule has 0 saturated carbocycles. The summed E-state index contributed by atoms with van der Waals surface area (Å²) in [6.45, 7) is 3.94. The van der Waals surface area contributed by atoms with Crippen LogP contribution < -0.4 is 0 Å². The van der Waals surface area contributed by atoms with Crippen molar-refractivity contribution in [2.75, 3.05) is 19.6 Å². The van der Waals surface area contributed by atoms with Crippen molar-refractivity contribution in [3.8, 4) is 0 Å². The minimum atomic E-state index is -0.391. The minimum Gasteiger partial charge on any atom is -0.341 e. The fourth-order valence-electron chi connectivity index (χ4n) is 4.94. The molecule has 0 atom stereocenters. The second-order valence-electron chi connectivity index (χ2n) is 9.29. The van der Waals surface area contributed by atoms with Gasteiger partial charge < -0.3 is 9.47 Å². The Hall–Kier alpha value is -2.84. The van der Waals surface area contributed by atoms with Crippen molar-refractivity contribution in [1.82, 2.24) is 14.4 Å². The van der Waals surface area contributed by atoms with Gasteiger partial charge in [-0.25, -0.2) is 0 Å². The van der Waals surface area contributed by atoms with Crippen LogP contribution in [0.4, 0.5) is 4.79 Å². The zero-order valence-electron chi connectivity index (χ0n) is 20.2. The number of imide groups is 1. The quantitative estimate of drug-likeness (QED) is 0.345. The van der Waals surface area contributed by atoms with Crippen LogP contribution in [0.3, 0.4) is 0 Å². The molecule has 8 heteroatoms. The van der Waals surface area contributed by atoms with Crippen LogP contribution >= 0.6 is 27.7 Å². The molecule has 0 bridgehead atoms. The molecule has 0 unspecified atom stereocenters. The Bertz CT molecular complexity index is 1350. The van der Waals surface area contributed by atoms with Crippen LogP contribution in [0, 0.1) is 6.92 Å². The Labute approximate surface area is 223 Å². The summed E-state index contributed by atoms with van der Waals surface area (Å²) >= 11 is 4.40. The number of nitrogens with zero attached hydrogens (tertiary/aromatic N) is 3. The van der Waals surface area contributed by atoms with Crippen molar-refractivity contribution in [2.24, 2.45) is 0 Å². The van der Waals surface area contributed by atoms with Crippen LogP contribution in [0.15, 0.2) is 57.9 Å². The maximum atomic E-state index is 13.2. The normalized spacial score (nSPS) is 17.9. The lowest BCUT2D eigenvalue weighted by molar-refractivity contribution is -0.135. The highest BCUT2D eigenvalue weighted by Crippen LogP contribution is 2.36. The average Bonchev–Trinajstić information content (AvgIpc) is 3.14. The van der Waals surface area contributed by atoms with Gasteiger partial charge >= 0.3 is 0 Å². The highest BCUT2D eigenvalue weighted by Gasteiger charge is 2.37. The van der Waals surface area contributed by atoms with Crippen molar-refractivity contribution < 1.29 is 14.4 Å². The first-order chi connectivity index (χ1) is 17.4. The summed E-state index contributed by atoms with van der Waals surface area (Å²) in [6.07, 6.45) is 5.98. The van der Waals surface area contributed by atoms with E-state index in [-0.39, 0.29) is 17.7 Å². The van der Waals surface area contributed by atoms with Gasteiger partial charge in [0.1, 0.15) is 6.54 Å². The molecular weight excluding hydrogens is 538 g/mol. The van der Waals surface area contributed by atoms with Gasteiger partial charge in [0.05, 0.1) is 4.91 Å². The summed E-state index contributed by atoms with van der Waals surface area (Å²) < 4.78 is 3.27. The number of hydrogen-bond donors (Lipinski definition) is 0. The number of carbonyl (C=O) groups is 3. The number of halogens is 1. The fourth-order valence-corrected chi connectivity index (χ4v) is 6.02. The molecule has 186 valence electrons. The zero-order chi connectivity index (χ0) is 25.2. The summed E-state index contributed by atoms with van der Waals surface area (Å²) in [5, 5.41) is 0.644. The summed E-state index contributed by atoms with van der Waals surface area (Å²) in [6, 6.07) is 16.3. The zero-order valence-corrected chi connectivity index (χ0v) is 22.6. The predicted octanol–water partition coefficient (Wildman–Crippen LogP) is 6.20. The van der Waals surface area contributed by atoms with Gasteiger partial charge in [0.15, 0.2) is 0 Å². The smallest absolute Gasteiger partial charge is 0.294 e. The summed E-state index contributed by atoms with van der Waals surface area (Å²) in [7, 11) is 0. The second-order valence-corrected chi connectivity index (χ2v) is 11.2. The maximum absolute atomic E-state index is 13.2. The van der Waals surface area contributed by atoms with Crippen molar-refractivity contribution >= 4 is 61.7 Å². The van der Waals surface area contributed by atoms with Crippen LogP contribution in [0.2, 0.25) is 0 Å². The number of likely N-dealkylation sites (tertiary alicyclic amines) is 1. The number of rotatable bonds is 5. The first-order valence-corrected chi connectivity index (χ1v) is 13.9. The minimum absolute atomic E-state index is 0.150. The van der Waals surface area contributed by atoms with Crippen molar-refractivity contribution in [3.63, 3.8) is 0 Å². The molecule has 5 rings (SSSR count). The molecule has 3 aromatic rings. The van der Waals surface area contributed by atoms with Crippen LogP contribution in [0.25, 0.3) is 17.0 Å². The number of hydrogen-bond acceptors (Lipinski definition) is 4. The number of amides is 3. The van der Waals surface area contributed by atoms with Crippen molar-refractivity contribution in [1.29, 1.82) is 0 Å². The lowest BCUT2D eigenvalue weighted by Gasteiger charge is -2.22. The van der Waals surface area contributed by atoms with E-state index < -0.39 is 5.91 Å². The lowest BCUT2D eigenvalue weighted by atomic mass is 10.1. The Morgan fingerprint density at radius 1 is 1.00 bits per heavy atom. The number of aromatic nitrogens is 1. The molecule has 0 N–H and O–H groups in total. The molecule has 0 aliphatic carbocycles. The van der Waals surface area contributed by atoms with Gasteiger partial charge in [-0.1, -0.05) is 59.1 Å². The van der Waals surface area contributed by atoms with Crippen LogP contribution in [0.1, 0.15) is 42.5 Å². The number of benzene rings is 2. The van der Waals surface area contributed by atoms with Gasteiger partial charge in [-0.2, -0.15) is 0 Å². The van der Waals surface area contributed by atoms with Gasteiger partial charge in [-0.15, -0.1) is 0 Å². The molecule has 2 saturated heterocycles. The largest absolute Gasteiger partial charge is 0.341 e. The molecule has 36 heavy (non-hydrogen) atoms. The molecule has 2 fully saturated rings. The topological polar surface area (TPSA) is 62.6 Å². The Balaban J connectivity index is 1.42. The molecule has 0 spiro atoms. The third kappa shape index (κ3) is 5.02. The van der Waals surface area contributed by atoms with Crippen LogP contribution in [-0.4, -0.2) is 51.1 Å². The molecule has 3 heterocycles. The molecule has 2 aliphatic rings. The molecule has 3 amide bonds. The maximum Gasteiger partial charge on any atom is 0.294 e. The summed E-state index contributed by atoms with van der Waals surface area (Å²) in [5.41, 5.74) is 4.18. The second kappa shape index (κ2) is 10.6. The summed E-state index contributed by atoms with van der Waals surface area (Å²) in [4.78, 5) is 42.0. The Kier molecular flexibility index (Phi) is 7.34. The molecule has 6 nitrogen and oxygen atoms in total. The van der Waals surface area contributed by atoms with Crippen LogP contribution in [-0.2, 0) is 16.1 Å². The van der Waals surface area contributed by atoms with E-state index in [0.29, 0.717) is 24.5 Å². The van der Waals surface area contributed by atoms with E-state index in [1.807, 2.05) is 43.3 Å². The molecule has 0 radical (unpaired) electrons. The van der Waals surface area contributed by atoms with E-state index in [1.165, 1.54) is 5.56 Å². The van der Waals surface area contributed by atoms with E-state index in [2.05, 4.69) is 38.7 Å². The van der Waals surface area contributed by atoms with E-state index >= 15 is 0 Å². The number of fused-ring (bicyclic) bond motifs is 1. The number of para-hydroxylation sites is 1. The standard InChI is InChI=1S/C28H28BrN3O3S/c1-19-23(22-8-4-5-9-24(22)31(19)17-20-10-12-21(29)13-11-20)16-25-27(34)32(28(35)36-25)18-26(33)30-14-6-2-3-7-15-30/h4-5,8-13,16H,2-3,6-7,14-15,17-18H2,1H3. The molecule has 2 aliphatic heterocycles. The first kappa shape index (κ1) is 24.8. The highest BCUT2D eigenvalue weighted by molar-refractivity contribution is 9.10. The van der Waals surface area contributed by atoms with E-state index in [0.717, 1.165) is 69.0 Å². The monoisotopic (exact) mass is 565 g/mol. The first-order valence-electron chi connectivity index (χ1n) is 12.3. The van der Waals surface area contributed by atoms with Gasteiger partial charge in [0, 0.05) is 46.3 Å². The SMILES string of the molecule is Cc1c(C=C2SC(=O)N(CC(=O)N3CCCCCC3)C2=O)c2ccccc2n1Cc1ccc(Br)cc1. The Morgan fingerprint density at radius 3 is 2.42 bits per heavy atom. The number of thioether (sulfide) groups is 1. The summed E-state index contributed by atoms with van der Waals surface area (Å²) in [5.74, 6) is -0.542. The van der Waals surface area contributed by atoms with Gasteiger partial charge in [0.25, 0.3) is 11.1 Å². The van der Waals surface area contributed by atoms with Crippen molar-refractivity contribution in [3.05, 3.63) is 74.7 Å². The fraction of sp³-hybridized carbons (Fsp3) is 0.321. The molecule has 1 aromatic heterocycles. The third-order valence-corrected chi connectivity index (χ3v) is 8.37. The number of carbonyl (C=O) groups excluding carboxylic acids is 3. The lowest BCUT2D eigenvalue weighted by Crippen LogP contribution is -2.42. The van der Waals surface area contributed by atoms with Crippen molar-refractivity contribution in [2.45, 2.75) is 39.2 Å². The van der Waals surface area contributed by atoms with E-state index in [9.17, 15) is 14.4 Å². The van der Waals surface area contributed by atoms with Crippen LogP contribution in [0.5, 0.6) is 0 Å². The average molecular weight is 567 g/mol. The molecule has 2 aromatic carbocycles. The third-order valence-electron chi connectivity index (χ3n) is 6.93. The molecular formula is C28H28BrN3O3S.